The molecule has 3 saturated heterocycles. The lowest BCUT2D eigenvalue weighted by Gasteiger charge is -2.39. The van der Waals surface area contributed by atoms with Crippen molar-refractivity contribution in [3.63, 3.8) is 0 Å². The highest BCUT2D eigenvalue weighted by atomic mass is 19.4. The van der Waals surface area contributed by atoms with Crippen LogP contribution in [0.5, 0.6) is 0 Å². The van der Waals surface area contributed by atoms with Gasteiger partial charge in [0.25, 0.3) is 5.91 Å². The zero-order chi connectivity index (χ0) is 47.8. The molecule has 2 atom stereocenters. The molecule has 3 fully saturated rings. The number of carbonyl (C=O) groups is 5. The highest BCUT2D eigenvalue weighted by molar-refractivity contribution is 6.04. The maximum absolute atomic E-state index is 15.1. The van der Waals surface area contributed by atoms with Crippen LogP contribution in [0.2, 0.25) is 0 Å². The number of likely N-dealkylation sites (tertiary alicyclic amines) is 1. The first-order valence-corrected chi connectivity index (χ1v) is 22.7. The van der Waals surface area contributed by atoms with Crippen LogP contribution in [-0.2, 0) is 38.3 Å². The number of nitrogens with one attached hydrogen (secondary N) is 4. The van der Waals surface area contributed by atoms with E-state index in [4.69, 9.17) is 0 Å². The molecule has 5 amide bonds. The number of hydrogen-bond donors (Lipinski definition) is 4. The predicted octanol–water partition coefficient (Wildman–Crippen LogP) is 5.21. The molecule has 356 valence electrons. The average molecular weight is 937 g/mol. The molecule has 1 unspecified atom stereocenters. The van der Waals surface area contributed by atoms with Crippen molar-refractivity contribution in [1.29, 1.82) is 0 Å². The number of aromatic nitrogens is 3. The van der Waals surface area contributed by atoms with Gasteiger partial charge in [-0.25, -0.2) is 9.37 Å². The fourth-order valence-electron chi connectivity index (χ4n) is 8.77. The van der Waals surface area contributed by atoms with Crippen molar-refractivity contribution in [1.82, 2.24) is 40.5 Å². The number of alkyl halides is 3. The number of amides is 5. The quantitative estimate of drug-likeness (QED) is 0.0807. The molecule has 5 heterocycles. The number of pyridine rings is 1. The van der Waals surface area contributed by atoms with E-state index in [1.807, 2.05) is 35.2 Å². The number of anilines is 2. The lowest BCUT2D eigenvalue weighted by Crippen LogP contribution is -2.52. The van der Waals surface area contributed by atoms with Crippen molar-refractivity contribution in [3.8, 4) is 11.1 Å². The van der Waals surface area contributed by atoms with Gasteiger partial charge in [0.05, 0.1) is 17.3 Å². The third-order valence-electron chi connectivity index (χ3n) is 12.7. The zero-order valence-electron chi connectivity index (χ0n) is 37.2. The van der Waals surface area contributed by atoms with Gasteiger partial charge in [0.15, 0.2) is 0 Å². The Morgan fingerprint density at radius 3 is 2.26 bits per heavy atom. The molecule has 0 bridgehead atoms. The molecule has 0 saturated carbocycles. The van der Waals surface area contributed by atoms with Crippen LogP contribution in [-0.4, -0.2) is 113 Å². The Hall–Kier alpha value is -6.99. The van der Waals surface area contributed by atoms with E-state index >= 15 is 4.39 Å². The number of rotatable bonds is 15. The number of nitrogens with zero attached hydrogens (tertiary/aromatic N) is 6. The summed E-state index contributed by atoms with van der Waals surface area (Å²) in [5, 5.41) is 15.2. The maximum Gasteiger partial charge on any atom is 0.416 e. The van der Waals surface area contributed by atoms with Crippen LogP contribution in [0, 0.1) is 11.7 Å². The number of hydrogen-bond acceptors (Lipinski definition) is 10. The van der Waals surface area contributed by atoms with Crippen molar-refractivity contribution >= 4 is 41.0 Å². The van der Waals surface area contributed by atoms with Gasteiger partial charge in [0, 0.05) is 88.0 Å². The van der Waals surface area contributed by atoms with E-state index in [1.54, 1.807) is 41.5 Å². The smallest absolute Gasteiger partial charge is 0.369 e. The summed E-state index contributed by atoms with van der Waals surface area (Å²) < 4.78 is 55.7. The molecule has 3 aliphatic heterocycles. The van der Waals surface area contributed by atoms with E-state index in [0.717, 1.165) is 61.3 Å². The van der Waals surface area contributed by atoms with Gasteiger partial charge in [-0.05, 0) is 85.2 Å². The Morgan fingerprint density at radius 1 is 0.838 bits per heavy atom. The SMILES string of the molecule is O=C1CCC(NC(=O)c2ccc(N3CCN(CC4CCN(C(=O)Cn5cc(-c6ccc(NC(=O)[C@H](NCCc7ccc(C(F)(F)F)cc7)c7ccccc7)nc6)cn5)CC4)CC3)cc2F)C(=O)N1. The molecule has 5 aromatic rings. The molecule has 15 nitrogen and oxygen atoms in total. The molecule has 3 aromatic carbocycles. The molecule has 0 radical (unpaired) electrons. The van der Waals surface area contributed by atoms with Crippen molar-refractivity contribution in [2.45, 2.75) is 56.9 Å². The van der Waals surface area contributed by atoms with E-state index < -0.39 is 47.4 Å². The molecular formula is C49H52F4N10O5. The van der Waals surface area contributed by atoms with Gasteiger partial charge in [-0.1, -0.05) is 42.5 Å². The van der Waals surface area contributed by atoms with Gasteiger partial charge < -0.3 is 25.8 Å². The lowest BCUT2D eigenvalue weighted by atomic mass is 9.96. The summed E-state index contributed by atoms with van der Waals surface area (Å²) in [5.74, 6) is -1.99. The van der Waals surface area contributed by atoms with Gasteiger partial charge in [0.1, 0.15) is 30.3 Å². The highest BCUT2D eigenvalue weighted by Crippen LogP contribution is 2.30. The average Bonchev–Trinajstić information content (AvgIpc) is 3.80. The molecule has 0 spiro atoms. The standard InChI is InChI=1S/C49H52F4N10O5/c50-40-26-38(11-12-39(40)46(66)57-41-13-15-43(64)59-47(41)67)61-24-22-60(23-25-61)29-33-17-20-62(21-18-33)44(65)31-63-30-36(28-56-63)35-8-14-42(55-27-35)58-48(68)45(34-4-2-1-3-5-34)54-19-16-32-6-9-37(10-7-32)49(51,52)53/h1-12,14,26-28,30,33,41,45,54H,13,15-25,29,31H2,(H,57,66)(H,55,58,68)(H,59,64,67)/t41?,45-/m1/s1. The summed E-state index contributed by atoms with van der Waals surface area (Å²) in [6.45, 7) is 5.59. The first-order valence-electron chi connectivity index (χ1n) is 22.7. The Labute approximate surface area is 390 Å². The second kappa shape index (κ2) is 21.3. The second-order valence-corrected chi connectivity index (χ2v) is 17.3. The Morgan fingerprint density at radius 2 is 1.59 bits per heavy atom. The minimum absolute atomic E-state index is 0.0180. The van der Waals surface area contributed by atoms with Gasteiger partial charge in [-0.2, -0.15) is 18.3 Å². The summed E-state index contributed by atoms with van der Waals surface area (Å²) in [4.78, 5) is 73.8. The molecule has 0 aliphatic carbocycles. The molecule has 19 heteroatoms. The summed E-state index contributed by atoms with van der Waals surface area (Å²) in [7, 11) is 0. The summed E-state index contributed by atoms with van der Waals surface area (Å²) >= 11 is 0. The Kier molecular flexibility index (Phi) is 14.9. The van der Waals surface area contributed by atoms with Crippen molar-refractivity contribution < 1.29 is 41.5 Å². The zero-order valence-corrected chi connectivity index (χ0v) is 37.2. The van der Waals surface area contributed by atoms with Crippen LogP contribution in [0.4, 0.5) is 29.1 Å². The monoisotopic (exact) mass is 936 g/mol. The fraction of sp³-hybridized carbons (Fsp3) is 0.367. The van der Waals surface area contributed by atoms with E-state index in [-0.39, 0.29) is 36.8 Å². The number of halogens is 4. The first kappa shape index (κ1) is 47.5. The Balaban J connectivity index is 0.755. The molecule has 68 heavy (non-hydrogen) atoms. The summed E-state index contributed by atoms with van der Waals surface area (Å²) in [6, 6.07) is 20.4. The fourth-order valence-corrected chi connectivity index (χ4v) is 8.77. The largest absolute Gasteiger partial charge is 0.416 e. The molecule has 8 rings (SSSR count). The van der Waals surface area contributed by atoms with Crippen LogP contribution in [0.15, 0.2) is 104 Å². The topological polar surface area (TPSA) is 174 Å². The minimum atomic E-state index is -4.41. The van der Waals surface area contributed by atoms with E-state index in [9.17, 15) is 37.1 Å². The van der Waals surface area contributed by atoms with Gasteiger partial charge in [-0.15, -0.1) is 0 Å². The van der Waals surface area contributed by atoms with E-state index in [1.165, 1.54) is 24.3 Å². The van der Waals surface area contributed by atoms with E-state index in [2.05, 4.69) is 41.1 Å². The van der Waals surface area contributed by atoms with Crippen LogP contribution >= 0.6 is 0 Å². The number of benzene rings is 3. The highest BCUT2D eigenvalue weighted by Gasteiger charge is 2.32. The summed E-state index contributed by atoms with van der Waals surface area (Å²) in [6.07, 6.45) is 3.10. The normalized spacial score (nSPS) is 17.7. The third-order valence-corrected chi connectivity index (χ3v) is 12.7. The summed E-state index contributed by atoms with van der Waals surface area (Å²) in [5.41, 5.74) is 2.72. The number of piperazine rings is 1. The van der Waals surface area contributed by atoms with Gasteiger partial charge in [0.2, 0.25) is 23.6 Å². The van der Waals surface area contributed by atoms with Crippen molar-refractivity contribution in [2.24, 2.45) is 5.92 Å². The number of imide groups is 1. The molecule has 2 aromatic heterocycles. The number of carbonyl (C=O) groups excluding carboxylic acids is 5. The van der Waals surface area contributed by atoms with Crippen LogP contribution in [0.25, 0.3) is 11.1 Å². The van der Waals surface area contributed by atoms with Crippen LogP contribution in [0.3, 0.4) is 0 Å². The van der Waals surface area contributed by atoms with Gasteiger partial charge in [-0.3, -0.25) is 38.9 Å². The maximum atomic E-state index is 15.1. The first-order chi connectivity index (χ1) is 32.7. The molecule has 4 N–H and O–H groups in total. The predicted molar refractivity (Wildman–Crippen MR) is 244 cm³/mol. The molecular weight excluding hydrogens is 885 g/mol. The van der Waals surface area contributed by atoms with E-state index in [0.29, 0.717) is 62.1 Å². The van der Waals surface area contributed by atoms with Gasteiger partial charge >= 0.3 is 6.18 Å². The third kappa shape index (κ3) is 12.1. The van der Waals surface area contributed by atoms with Crippen LogP contribution < -0.4 is 26.2 Å². The van der Waals surface area contributed by atoms with Crippen molar-refractivity contribution in [2.75, 3.05) is 62.6 Å². The molecule has 3 aliphatic rings. The Bertz CT molecular complexity index is 2580. The second-order valence-electron chi connectivity index (χ2n) is 17.3. The minimum Gasteiger partial charge on any atom is -0.369 e. The lowest BCUT2D eigenvalue weighted by molar-refractivity contribution is -0.138. The van der Waals surface area contributed by atoms with Crippen molar-refractivity contribution in [3.05, 3.63) is 132 Å². The number of piperidine rings is 2. The van der Waals surface area contributed by atoms with Crippen LogP contribution in [0.1, 0.15) is 58.8 Å².